The number of phenols is 1. The second-order valence-corrected chi connectivity index (χ2v) is 4.86. The van der Waals surface area contributed by atoms with Crippen molar-refractivity contribution in [3.05, 3.63) is 40.7 Å². The zero-order valence-electron chi connectivity index (χ0n) is 10.5. The molecule has 1 aromatic carbocycles. The second kappa shape index (κ2) is 4.16. The molecule has 0 saturated heterocycles. The standard InChI is InChI=1S/C14H12O6/c1-5-10(16)12(18)9-11(17)6-3-2-4-7(15)8(6)13(19)14(9)20-5/h2-5,10,12,15-16,18H,1H3/t5-,10+,12-/m0/s1. The third-order valence-electron chi connectivity index (χ3n) is 3.61. The number of phenolic OH excluding ortho intramolecular Hbond substituents is 1. The first-order chi connectivity index (χ1) is 9.43. The van der Waals surface area contributed by atoms with E-state index in [9.17, 15) is 24.9 Å². The molecule has 0 spiro atoms. The summed E-state index contributed by atoms with van der Waals surface area (Å²) in [6.45, 7) is 1.48. The van der Waals surface area contributed by atoms with Gasteiger partial charge in [0.15, 0.2) is 11.5 Å². The van der Waals surface area contributed by atoms with E-state index in [1.807, 2.05) is 0 Å². The van der Waals surface area contributed by atoms with Gasteiger partial charge in [0, 0.05) is 5.56 Å². The molecular weight excluding hydrogens is 264 g/mol. The molecule has 6 heteroatoms. The summed E-state index contributed by atoms with van der Waals surface area (Å²) in [7, 11) is 0. The Morgan fingerprint density at radius 2 is 1.85 bits per heavy atom. The number of benzene rings is 1. The molecule has 0 aromatic heterocycles. The average Bonchev–Trinajstić information content (AvgIpc) is 2.41. The van der Waals surface area contributed by atoms with Crippen molar-refractivity contribution in [2.24, 2.45) is 0 Å². The smallest absolute Gasteiger partial charge is 0.232 e. The Morgan fingerprint density at radius 1 is 1.15 bits per heavy atom. The number of hydrogen-bond donors (Lipinski definition) is 3. The van der Waals surface area contributed by atoms with Crippen LogP contribution in [0.1, 0.15) is 27.6 Å². The molecular formula is C14H12O6. The van der Waals surface area contributed by atoms with E-state index in [0.717, 1.165) is 0 Å². The molecule has 1 aliphatic heterocycles. The lowest BCUT2D eigenvalue weighted by Gasteiger charge is -2.35. The van der Waals surface area contributed by atoms with Gasteiger partial charge in [-0.1, -0.05) is 12.1 Å². The first kappa shape index (κ1) is 12.8. The fourth-order valence-electron chi connectivity index (χ4n) is 2.52. The zero-order valence-corrected chi connectivity index (χ0v) is 10.5. The summed E-state index contributed by atoms with van der Waals surface area (Å²) >= 11 is 0. The molecule has 0 fully saturated rings. The van der Waals surface area contributed by atoms with Crippen LogP contribution in [0.4, 0.5) is 0 Å². The van der Waals surface area contributed by atoms with Gasteiger partial charge >= 0.3 is 0 Å². The van der Waals surface area contributed by atoms with E-state index in [0.29, 0.717) is 0 Å². The number of allylic oxidation sites excluding steroid dienone is 1. The van der Waals surface area contributed by atoms with E-state index in [2.05, 4.69) is 0 Å². The monoisotopic (exact) mass is 276 g/mol. The summed E-state index contributed by atoms with van der Waals surface area (Å²) in [6, 6.07) is 4.11. The van der Waals surface area contributed by atoms with Gasteiger partial charge in [-0.2, -0.15) is 0 Å². The van der Waals surface area contributed by atoms with E-state index in [1.165, 1.54) is 25.1 Å². The molecule has 0 amide bonds. The summed E-state index contributed by atoms with van der Waals surface area (Å²) in [4.78, 5) is 24.7. The van der Waals surface area contributed by atoms with Gasteiger partial charge in [0.2, 0.25) is 5.78 Å². The van der Waals surface area contributed by atoms with Crippen molar-refractivity contribution < 1.29 is 29.6 Å². The SMILES string of the molecule is C[C@@H]1OC2=C(C(=O)c3cccc(O)c3C2=O)[C@H](O)[C@@H]1O. The van der Waals surface area contributed by atoms with Crippen LogP contribution < -0.4 is 0 Å². The maximum absolute atomic E-state index is 12.3. The number of carbonyl (C=O) groups is 2. The summed E-state index contributed by atoms with van der Waals surface area (Å²) in [6.07, 6.45) is -3.60. The van der Waals surface area contributed by atoms with Crippen molar-refractivity contribution >= 4 is 11.6 Å². The molecule has 6 nitrogen and oxygen atoms in total. The minimum atomic E-state index is -1.49. The average molecular weight is 276 g/mol. The van der Waals surface area contributed by atoms with Gasteiger partial charge in [-0.15, -0.1) is 0 Å². The summed E-state index contributed by atoms with van der Waals surface area (Å²) in [5, 5.41) is 29.5. The van der Waals surface area contributed by atoms with Crippen molar-refractivity contribution in [2.75, 3.05) is 0 Å². The number of fused-ring (bicyclic) bond motifs is 1. The van der Waals surface area contributed by atoms with Crippen molar-refractivity contribution in [3.8, 4) is 5.75 Å². The Bertz CT molecular complexity index is 660. The summed E-state index contributed by atoms with van der Waals surface area (Å²) in [5.41, 5.74) is -0.385. The highest BCUT2D eigenvalue weighted by molar-refractivity contribution is 6.27. The topological polar surface area (TPSA) is 104 Å². The Balaban J connectivity index is 2.24. The molecule has 3 rings (SSSR count). The Kier molecular flexibility index (Phi) is 2.67. The van der Waals surface area contributed by atoms with Crippen LogP contribution in [0.5, 0.6) is 5.75 Å². The lowest BCUT2D eigenvalue weighted by atomic mass is 9.82. The van der Waals surface area contributed by atoms with Gasteiger partial charge in [-0.25, -0.2) is 0 Å². The van der Waals surface area contributed by atoms with Crippen LogP contribution in [0.25, 0.3) is 0 Å². The zero-order chi connectivity index (χ0) is 14.6. The van der Waals surface area contributed by atoms with Crippen LogP contribution in [-0.4, -0.2) is 45.2 Å². The molecule has 3 atom stereocenters. The maximum Gasteiger partial charge on any atom is 0.232 e. The molecule has 104 valence electrons. The molecule has 20 heavy (non-hydrogen) atoms. The fourth-order valence-corrected chi connectivity index (χ4v) is 2.52. The van der Waals surface area contributed by atoms with E-state index >= 15 is 0 Å². The molecule has 1 aromatic rings. The molecule has 0 saturated carbocycles. The quantitative estimate of drug-likeness (QED) is 0.624. The first-order valence-corrected chi connectivity index (χ1v) is 6.11. The summed E-state index contributed by atoms with van der Waals surface area (Å²) < 4.78 is 5.26. The van der Waals surface area contributed by atoms with Crippen molar-refractivity contribution in [1.29, 1.82) is 0 Å². The van der Waals surface area contributed by atoms with Crippen LogP contribution in [-0.2, 0) is 4.74 Å². The Morgan fingerprint density at radius 3 is 2.55 bits per heavy atom. The normalized spacial score (nSPS) is 28.9. The largest absolute Gasteiger partial charge is 0.507 e. The fraction of sp³-hybridized carbons (Fsp3) is 0.286. The minimum absolute atomic E-state index is 0.00171. The summed E-state index contributed by atoms with van der Waals surface area (Å²) in [5.74, 6) is -1.90. The number of aliphatic hydroxyl groups excluding tert-OH is 2. The van der Waals surface area contributed by atoms with Crippen LogP contribution >= 0.6 is 0 Å². The molecule has 2 aliphatic rings. The highest BCUT2D eigenvalue weighted by atomic mass is 16.5. The van der Waals surface area contributed by atoms with Gasteiger partial charge in [-0.3, -0.25) is 9.59 Å². The molecule has 1 heterocycles. The third-order valence-corrected chi connectivity index (χ3v) is 3.61. The van der Waals surface area contributed by atoms with E-state index < -0.39 is 29.9 Å². The van der Waals surface area contributed by atoms with Crippen LogP contribution in [0, 0.1) is 0 Å². The molecule has 3 N–H and O–H groups in total. The number of aromatic hydroxyl groups is 1. The molecule has 0 bridgehead atoms. The van der Waals surface area contributed by atoms with Crippen LogP contribution in [0.3, 0.4) is 0 Å². The highest BCUT2D eigenvalue weighted by Crippen LogP contribution is 2.37. The van der Waals surface area contributed by atoms with E-state index in [1.54, 1.807) is 0 Å². The van der Waals surface area contributed by atoms with Crippen molar-refractivity contribution in [1.82, 2.24) is 0 Å². The Labute approximate surface area is 113 Å². The lowest BCUT2D eigenvalue weighted by molar-refractivity contribution is -0.0683. The molecule has 1 aliphatic carbocycles. The van der Waals surface area contributed by atoms with Gasteiger partial charge in [-0.05, 0) is 13.0 Å². The second-order valence-electron chi connectivity index (χ2n) is 4.86. The molecule has 0 radical (unpaired) electrons. The van der Waals surface area contributed by atoms with Crippen LogP contribution in [0.2, 0.25) is 0 Å². The lowest BCUT2D eigenvalue weighted by Crippen LogP contribution is -2.47. The van der Waals surface area contributed by atoms with Gasteiger partial charge < -0.3 is 20.1 Å². The van der Waals surface area contributed by atoms with E-state index in [-0.39, 0.29) is 28.2 Å². The van der Waals surface area contributed by atoms with E-state index in [4.69, 9.17) is 4.74 Å². The predicted octanol–water partition coefficient (Wildman–Crippen LogP) is 0.166. The van der Waals surface area contributed by atoms with Gasteiger partial charge in [0.1, 0.15) is 24.1 Å². The van der Waals surface area contributed by atoms with Gasteiger partial charge in [0.05, 0.1) is 11.1 Å². The number of Topliss-reactive ketones (excluding diaryl/α,β-unsaturated/α-hetero) is 2. The van der Waals surface area contributed by atoms with Crippen molar-refractivity contribution in [3.63, 3.8) is 0 Å². The number of aliphatic hydroxyl groups is 2. The minimum Gasteiger partial charge on any atom is -0.507 e. The maximum atomic E-state index is 12.3. The van der Waals surface area contributed by atoms with Crippen LogP contribution in [0.15, 0.2) is 29.5 Å². The number of carbonyl (C=O) groups excluding carboxylic acids is 2. The third kappa shape index (κ3) is 1.52. The number of ether oxygens (including phenoxy) is 1. The highest BCUT2D eigenvalue weighted by Gasteiger charge is 2.46. The predicted molar refractivity (Wildman–Crippen MR) is 66.4 cm³/mol. The number of ketones is 2. The molecule has 0 unspecified atom stereocenters. The van der Waals surface area contributed by atoms with Crippen molar-refractivity contribution in [2.45, 2.75) is 25.2 Å². The number of hydrogen-bond acceptors (Lipinski definition) is 6. The Hall–Kier alpha value is -2.18. The van der Waals surface area contributed by atoms with Gasteiger partial charge in [0.25, 0.3) is 0 Å². The first-order valence-electron chi connectivity index (χ1n) is 6.11. The number of rotatable bonds is 0.